The molecule has 1 heterocycles. The highest BCUT2D eigenvalue weighted by atomic mass is 32.2. The van der Waals surface area contributed by atoms with Crippen LogP contribution in [0.2, 0.25) is 0 Å². The first-order chi connectivity index (χ1) is 16.3. The van der Waals surface area contributed by atoms with Crippen LogP contribution >= 0.6 is 0 Å². The molecule has 0 unspecified atom stereocenters. The van der Waals surface area contributed by atoms with Crippen LogP contribution in [0.3, 0.4) is 0 Å². The second-order valence-electron chi connectivity index (χ2n) is 8.37. The fourth-order valence-corrected chi connectivity index (χ4v) is 5.50. The van der Waals surface area contributed by atoms with Crippen LogP contribution in [0.1, 0.15) is 17.5 Å². The Morgan fingerprint density at radius 2 is 1.74 bits per heavy atom. The van der Waals surface area contributed by atoms with E-state index in [4.69, 9.17) is 0 Å². The molecule has 1 N–H and O–H groups in total. The Hall–Kier alpha value is -3.39. The van der Waals surface area contributed by atoms with E-state index >= 15 is 0 Å². The minimum atomic E-state index is -4.06. The maximum Gasteiger partial charge on any atom is 0.264 e. The number of amides is 1. The van der Waals surface area contributed by atoms with Crippen molar-refractivity contribution in [3.05, 3.63) is 89.7 Å². The Bertz CT molecular complexity index is 1250. The molecule has 4 rings (SSSR count). The summed E-state index contributed by atoms with van der Waals surface area (Å²) in [6.45, 7) is 3.75. The molecule has 1 aliphatic rings. The second kappa shape index (κ2) is 10.3. The average Bonchev–Trinajstić information content (AvgIpc) is 3.24. The zero-order valence-corrected chi connectivity index (χ0v) is 19.9. The summed E-state index contributed by atoms with van der Waals surface area (Å²) in [5.41, 5.74) is 3.92. The topological polar surface area (TPSA) is 69.7 Å². The lowest BCUT2D eigenvalue weighted by atomic mass is 10.2. The fraction of sp³-hybridized carbons (Fsp3) is 0.269. The van der Waals surface area contributed by atoms with E-state index in [1.54, 1.807) is 24.3 Å². The molecule has 0 radical (unpaired) electrons. The molecule has 0 saturated heterocycles. The molecule has 3 aromatic carbocycles. The first kappa shape index (κ1) is 23.8. The van der Waals surface area contributed by atoms with E-state index in [2.05, 4.69) is 22.3 Å². The van der Waals surface area contributed by atoms with Gasteiger partial charge in [-0.05, 0) is 67.8 Å². The molecule has 178 valence electrons. The zero-order chi connectivity index (χ0) is 24.1. The van der Waals surface area contributed by atoms with Gasteiger partial charge in [0.2, 0.25) is 5.91 Å². The highest BCUT2D eigenvalue weighted by Crippen LogP contribution is 2.27. The number of anilines is 2. The number of nitrogens with zero attached hydrogens (tertiary/aromatic N) is 2. The van der Waals surface area contributed by atoms with Gasteiger partial charge in [0.1, 0.15) is 12.4 Å². The minimum Gasteiger partial charge on any atom is -0.371 e. The second-order valence-corrected chi connectivity index (χ2v) is 10.2. The monoisotopic (exact) mass is 481 g/mol. The van der Waals surface area contributed by atoms with E-state index < -0.39 is 21.7 Å². The van der Waals surface area contributed by atoms with E-state index in [1.807, 2.05) is 19.1 Å². The number of para-hydroxylation sites is 1. The maximum absolute atomic E-state index is 13.3. The first-order valence-corrected chi connectivity index (χ1v) is 12.7. The molecule has 1 aliphatic heterocycles. The molecule has 0 aromatic heterocycles. The van der Waals surface area contributed by atoms with Gasteiger partial charge in [0.25, 0.3) is 10.0 Å². The quantitative estimate of drug-likeness (QED) is 0.471. The van der Waals surface area contributed by atoms with E-state index in [9.17, 15) is 17.6 Å². The van der Waals surface area contributed by atoms with Gasteiger partial charge in [-0.15, -0.1) is 0 Å². The minimum absolute atomic E-state index is 0.0741. The van der Waals surface area contributed by atoms with Crippen LogP contribution < -0.4 is 14.5 Å². The van der Waals surface area contributed by atoms with Crippen molar-refractivity contribution in [2.24, 2.45) is 0 Å². The number of rotatable bonds is 9. The number of benzene rings is 3. The lowest BCUT2D eigenvalue weighted by Crippen LogP contribution is -2.41. The molecule has 0 atom stereocenters. The Labute approximate surface area is 200 Å². The van der Waals surface area contributed by atoms with Gasteiger partial charge in [-0.3, -0.25) is 9.10 Å². The number of hydrogen-bond donors (Lipinski definition) is 1. The number of carbonyl (C=O) groups is 1. The molecule has 0 saturated carbocycles. The standard InChI is InChI=1S/C26H28FN3O3S/c1-20-7-11-23(12-8-20)30(34(32,33)24-13-9-22(27)10-14-24)19-26(31)28-16-4-17-29-18-15-21-5-2-3-6-25(21)29/h2-3,5-14H,4,15-19H2,1H3,(H,28,31). The number of fused-ring (bicyclic) bond motifs is 1. The average molecular weight is 482 g/mol. The van der Waals surface area contributed by atoms with E-state index in [-0.39, 0.29) is 11.4 Å². The first-order valence-electron chi connectivity index (χ1n) is 11.3. The molecule has 6 nitrogen and oxygen atoms in total. The smallest absolute Gasteiger partial charge is 0.264 e. The van der Waals surface area contributed by atoms with Crippen LogP contribution in [0, 0.1) is 12.7 Å². The third kappa shape index (κ3) is 5.39. The Morgan fingerprint density at radius 3 is 2.47 bits per heavy atom. The highest BCUT2D eigenvalue weighted by Gasteiger charge is 2.27. The largest absolute Gasteiger partial charge is 0.371 e. The zero-order valence-electron chi connectivity index (χ0n) is 19.1. The highest BCUT2D eigenvalue weighted by molar-refractivity contribution is 7.92. The molecule has 0 aliphatic carbocycles. The number of hydrogen-bond acceptors (Lipinski definition) is 4. The molecule has 3 aromatic rings. The molecular formula is C26H28FN3O3S. The van der Waals surface area contributed by atoms with Crippen molar-refractivity contribution in [2.75, 3.05) is 35.4 Å². The van der Waals surface area contributed by atoms with Gasteiger partial charge in [0.15, 0.2) is 0 Å². The fourth-order valence-electron chi connectivity index (χ4n) is 4.08. The van der Waals surface area contributed by atoms with Crippen molar-refractivity contribution in [3.8, 4) is 0 Å². The summed E-state index contributed by atoms with van der Waals surface area (Å²) in [6, 6.07) is 19.8. The van der Waals surface area contributed by atoms with Gasteiger partial charge in [0, 0.05) is 25.3 Å². The van der Waals surface area contributed by atoms with Crippen molar-refractivity contribution in [1.29, 1.82) is 0 Å². The summed E-state index contributed by atoms with van der Waals surface area (Å²) in [5, 5.41) is 2.84. The third-order valence-corrected chi connectivity index (χ3v) is 7.71. The predicted octanol–water partition coefficient (Wildman–Crippen LogP) is 3.90. The van der Waals surface area contributed by atoms with Crippen molar-refractivity contribution in [1.82, 2.24) is 5.32 Å². The summed E-state index contributed by atoms with van der Waals surface area (Å²) < 4.78 is 41.0. The Balaban J connectivity index is 1.40. The normalized spacial score (nSPS) is 12.9. The Kier molecular flexibility index (Phi) is 7.17. The summed E-state index contributed by atoms with van der Waals surface area (Å²) in [7, 11) is -4.06. The van der Waals surface area contributed by atoms with E-state index in [0.717, 1.165) is 47.9 Å². The molecular weight excluding hydrogens is 453 g/mol. The molecule has 0 spiro atoms. The molecule has 1 amide bonds. The molecule has 0 fully saturated rings. The van der Waals surface area contributed by atoms with Crippen molar-refractivity contribution in [2.45, 2.75) is 24.7 Å². The molecule has 8 heteroatoms. The summed E-state index contributed by atoms with van der Waals surface area (Å²) >= 11 is 0. The summed E-state index contributed by atoms with van der Waals surface area (Å²) in [5.74, 6) is -0.924. The maximum atomic E-state index is 13.3. The molecule has 0 bridgehead atoms. The Morgan fingerprint density at radius 1 is 1.03 bits per heavy atom. The lowest BCUT2D eigenvalue weighted by molar-refractivity contribution is -0.119. The van der Waals surface area contributed by atoms with Gasteiger partial charge in [-0.2, -0.15) is 0 Å². The van der Waals surface area contributed by atoms with E-state index in [0.29, 0.717) is 12.2 Å². The van der Waals surface area contributed by atoms with E-state index in [1.165, 1.54) is 23.4 Å². The van der Waals surface area contributed by atoms with Crippen molar-refractivity contribution in [3.63, 3.8) is 0 Å². The van der Waals surface area contributed by atoms with Crippen molar-refractivity contribution < 1.29 is 17.6 Å². The van der Waals surface area contributed by atoms with Crippen LogP contribution in [0.4, 0.5) is 15.8 Å². The van der Waals surface area contributed by atoms with Gasteiger partial charge >= 0.3 is 0 Å². The van der Waals surface area contributed by atoms with Gasteiger partial charge in [0.05, 0.1) is 10.6 Å². The van der Waals surface area contributed by atoms with Gasteiger partial charge in [-0.25, -0.2) is 12.8 Å². The SMILES string of the molecule is Cc1ccc(N(CC(=O)NCCCN2CCc3ccccc32)S(=O)(=O)c2ccc(F)cc2)cc1. The number of sulfonamides is 1. The number of carbonyl (C=O) groups excluding carboxylic acids is 1. The lowest BCUT2D eigenvalue weighted by Gasteiger charge is -2.24. The van der Waals surface area contributed by atoms with Crippen LogP contribution in [0.15, 0.2) is 77.7 Å². The van der Waals surface area contributed by atoms with Crippen LogP contribution in [-0.2, 0) is 21.2 Å². The van der Waals surface area contributed by atoms with Crippen molar-refractivity contribution >= 4 is 27.3 Å². The third-order valence-electron chi connectivity index (χ3n) is 5.92. The number of aryl methyl sites for hydroxylation is 1. The predicted molar refractivity (Wildman–Crippen MR) is 132 cm³/mol. The van der Waals surface area contributed by atoms with Crippen LogP contribution in [-0.4, -0.2) is 40.5 Å². The number of nitrogens with one attached hydrogen (secondary N) is 1. The summed E-state index contributed by atoms with van der Waals surface area (Å²) in [4.78, 5) is 15.0. The summed E-state index contributed by atoms with van der Waals surface area (Å²) in [6.07, 6.45) is 1.77. The van der Waals surface area contributed by atoms with Crippen LogP contribution in [0.5, 0.6) is 0 Å². The van der Waals surface area contributed by atoms with Gasteiger partial charge in [-0.1, -0.05) is 35.9 Å². The van der Waals surface area contributed by atoms with Gasteiger partial charge < -0.3 is 10.2 Å². The van der Waals surface area contributed by atoms with Crippen LogP contribution in [0.25, 0.3) is 0 Å². The molecule has 34 heavy (non-hydrogen) atoms. The number of halogens is 1.